The summed E-state index contributed by atoms with van der Waals surface area (Å²) in [7, 11) is 0. The highest BCUT2D eigenvalue weighted by molar-refractivity contribution is 5.82. The fourth-order valence-corrected chi connectivity index (χ4v) is 7.79. The van der Waals surface area contributed by atoms with Gasteiger partial charge in [-0.3, -0.25) is 9.59 Å². The molecule has 4 saturated carbocycles. The van der Waals surface area contributed by atoms with Crippen LogP contribution in [0.5, 0.6) is 0 Å². The molecule has 0 aromatic heterocycles. The Morgan fingerprint density at radius 2 is 1.81 bits per heavy atom. The molecule has 4 aliphatic rings. The quantitative estimate of drug-likeness (QED) is 0.638. The second kappa shape index (κ2) is 6.34. The van der Waals surface area contributed by atoms with Crippen LogP contribution >= 0.6 is 0 Å². The molecule has 4 rings (SSSR count). The van der Waals surface area contributed by atoms with Gasteiger partial charge < -0.3 is 4.74 Å². The van der Waals surface area contributed by atoms with Gasteiger partial charge in [-0.05, 0) is 74.0 Å². The molecule has 0 aliphatic heterocycles. The highest BCUT2D eigenvalue weighted by atomic mass is 16.5. The molecule has 146 valence electrons. The van der Waals surface area contributed by atoms with E-state index >= 15 is 0 Å². The van der Waals surface area contributed by atoms with E-state index in [1.165, 1.54) is 32.1 Å². The number of esters is 1. The van der Waals surface area contributed by atoms with E-state index in [2.05, 4.69) is 20.8 Å². The number of carbonyl (C=O) groups is 2. The summed E-state index contributed by atoms with van der Waals surface area (Å²) in [6.45, 7) is 8.94. The van der Waals surface area contributed by atoms with E-state index in [0.29, 0.717) is 29.5 Å². The first-order chi connectivity index (χ1) is 12.3. The van der Waals surface area contributed by atoms with Crippen molar-refractivity contribution < 1.29 is 14.3 Å². The number of ether oxygens (including phenoxy) is 1. The van der Waals surface area contributed by atoms with Gasteiger partial charge >= 0.3 is 5.97 Å². The lowest BCUT2D eigenvalue weighted by molar-refractivity contribution is -0.165. The molecule has 0 amide bonds. The minimum absolute atomic E-state index is 0.0331. The number of rotatable bonds is 2. The fraction of sp³-hybridized carbons (Fsp3) is 0.913. The predicted molar refractivity (Wildman–Crippen MR) is 101 cm³/mol. The van der Waals surface area contributed by atoms with Gasteiger partial charge in [-0.2, -0.15) is 0 Å². The average molecular weight is 361 g/mol. The molecule has 0 N–H and O–H groups in total. The molecule has 0 unspecified atom stereocenters. The summed E-state index contributed by atoms with van der Waals surface area (Å²) in [6.07, 6.45) is 9.72. The SMILES string of the molecule is CCC(=O)O[C@H]1CC[C@H]2[C@@H]3CC[C@H]4CC(=O)[C@H](C)C[C@]4(C)[C@H]3CC[C@@]12C. The second-order valence-corrected chi connectivity index (χ2v) is 10.4. The van der Waals surface area contributed by atoms with Crippen LogP contribution in [0.3, 0.4) is 0 Å². The Balaban J connectivity index is 1.57. The first kappa shape index (κ1) is 18.5. The van der Waals surface area contributed by atoms with E-state index in [9.17, 15) is 9.59 Å². The largest absolute Gasteiger partial charge is 0.462 e. The van der Waals surface area contributed by atoms with Crippen molar-refractivity contribution in [3.8, 4) is 0 Å². The molecular formula is C23H36O3. The molecule has 0 heterocycles. The molecule has 0 aromatic rings. The zero-order chi connectivity index (χ0) is 18.7. The molecule has 3 nitrogen and oxygen atoms in total. The van der Waals surface area contributed by atoms with Crippen molar-refractivity contribution >= 4 is 11.8 Å². The lowest BCUT2D eigenvalue weighted by Gasteiger charge is -2.60. The van der Waals surface area contributed by atoms with Gasteiger partial charge in [-0.15, -0.1) is 0 Å². The maximum atomic E-state index is 12.3. The normalized spacial score (nSPS) is 50.5. The van der Waals surface area contributed by atoms with Gasteiger partial charge in [0, 0.05) is 24.2 Å². The molecule has 4 fully saturated rings. The Morgan fingerprint density at radius 1 is 1.08 bits per heavy atom. The molecule has 4 aliphatic carbocycles. The van der Waals surface area contributed by atoms with Crippen molar-refractivity contribution in [3.63, 3.8) is 0 Å². The van der Waals surface area contributed by atoms with Crippen LogP contribution in [0.25, 0.3) is 0 Å². The third-order valence-corrected chi connectivity index (χ3v) is 9.28. The Morgan fingerprint density at radius 3 is 2.54 bits per heavy atom. The molecular weight excluding hydrogens is 324 g/mol. The highest BCUT2D eigenvalue weighted by Gasteiger charge is 2.61. The van der Waals surface area contributed by atoms with Gasteiger partial charge in [0.15, 0.2) is 0 Å². The third-order valence-electron chi connectivity index (χ3n) is 9.28. The Labute approximate surface area is 158 Å². The molecule has 0 spiro atoms. The maximum Gasteiger partial charge on any atom is 0.305 e. The molecule has 3 heteroatoms. The summed E-state index contributed by atoms with van der Waals surface area (Å²) in [5, 5.41) is 0. The van der Waals surface area contributed by atoms with Gasteiger partial charge in [0.1, 0.15) is 11.9 Å². The lowest BCUT2D eigenvalue weighted by atomic mass is 9.44. The van der Waals surface area contributed by atoms with Gasteiger partial charge in [0.2, 0.25) is 0 Å². The van der Waals surface area contributed by atoms with Crippen LogP contribution in [0.15, 0.2) is 0 Å². The first-order valence-corrected chi connectivity index (χ1v) is 11.0. The van der Waals surface area contributed by atoms with Crippen molar-refractivity contribution in [2.75, 3.05) is 0 Å². The Kier molecular flexibility index (Phi) is 4.51. The molecule has 0 radical (unpaired) electrons. The lowest BCUT2D eigenvalue weighted by Crippen LogP contribution is -2.55. The van der Waals surface area contributed by atoms with Crippen LogP contribution in [0, 0.1) is 40.4 Å². The predicted octanol–water partition coefficient (Wildman–Crippen LogP) is 5.17. The number of fused-ring (bicyclic) bond motifs is 5. The van der Waals surface area contributed by atoms with Crippen molar-refractivity contribution in [2.45, 2.75) is 91.6 Å². The molecule has 26 heavy (non-hydrogen) atoms. The number of Topliss-reactive ketones (excluding diaryl/α,β-unsaturated/α-hetero) is 1. The van der Waals surface area contributed by atoms with Gasteiger partial charge in [0.25, 0.3) is 0 Å². The molecule has 0 bridgehead atoms. The molecule has 0 aromatic carbocycles. The van der Waals surface area contributed by atoms with Crippen molar-refractivity contribution in [1.82, 2.24) is 0 Å². The smallest absolute Gasteiger partial charge is 0.305 e. The minimum atomic E-state index is -0.0331. The number of hydrogen-bond acceptors (Lipinski definition) is 3. The van der Waals surface area contributed by atoms with Crippen LogP contribution in [0.2, 0.25) is 0 Å². The van der Waals surface area contributed by atoms with Crippen LogP contribution < -0.4 is 0 Å². The van der Waals surface area contributed by atoms with Gasteiger partial charge in [0.05, 0.1) is 0 Å². The number of ketones is 1. The number of hydrogen-bond donors (Lipinski definition) is 0. The Hall–Kier alpha value is -0.860. The topological polar surface area (TPSA) is 43.4 Å². The second-order valence-electron chi connectivity index (χ2n) is 10.4. The van der Waals surface area contributed by atoms with Gasteiger partial charge in [-0.1, -0.05) is 27.7 Å². The zero-order valence-corrected chi connectivity index (χ0v) is 17.1. The summed E-state index contributed by atoms with van der Waals surface area (Å²) in [5.41, 5.74) is 0.515. The van der Waals surface area contributed by atoms with Crippen molar-refractivity contribution in [1.29, 1.82) is 0 Å². The van der Waals surface area contributed by atoms with E-state index in [1.54, 1.807) is 0 Å². The molecule has 8 atom stereocenters. The van der Waals surface area contributed by atoms with Crippen LogP contribution in [-0.4, -0.2) is 17.9 Å². The van der Waals surface area contributed by atoms with Crippen LogP contribution in [0.4, 0.5) is 0 Å². The minimum Gasteiger partial charge on any atom is -0.462 e. The summed E-state index contributed by atoms with van der Waals surface area (Å²) < 4.78 is 5.89. The van der Waals surface area contributed by atoms with E-state index < -0.39 is 0 Å². The van der Waals surface area contributed by atoms with Crippen molar-refractivity contribution in [2.24, 2.45) is 40.4 Å². The summed E-state index contributed by atoms with van der Waals surface area (Å²) >= 11 is 0. The number of carbonyl (C=O) groups excluding carboxylic acids is 2. The zero-order valence-electron chi connectivity index (χ0n) is 17.1. The van der Waals surface area contributed by atoms with E-state index in [4.69, 9.17) is 4.74 Å². The van der Waals surface area contributed by atoms with E-state index in [1.807, 2.05) is 6.92 Å². The van der Waals surface area contributed by atoms with E-state index in [-0.39, 0.29) is 23.4 Å². The standard InChI is InChI=1S/C23H36O3/c1-5-21(25)26-20-9-8-17-16-7-6-15-12-19(24)14(2)13-23(15,4)18(16)10-11-22(17,20)3/h14-18,20H,5-13H2,1-4H3/t14-,15+,16+,17+,18+,20+,22-,23+/m1/s1. The van der Waals surface area contributed by atoms with E-state index in [0.717, 1.165) is 31.1 Å². The van der Waals surface area contributed by atoms with Gasteiger partial charge in [-0.25, -0.2) is 0 Å². The Bertz CT molecular complexity index is 598. The summed E-state index contributed by atoms with van der Waals surface area (Å²) in [5.74, 6) is 3.53. The van der Waals surface area contributed by atoms with Crippen molar-refractivity contribution in [3.05, 3.63) is 0 Å². The summed E-state index contributed by atoms with van der Waals surface area (Å²) in [4.78, 5) is 24.2. The first-order valence-electron chi connectivity index (χ1n) is 11.0. The van der Waals surface area contributed by atoms with Crippen LogP contribution in [-0.2, 0) is 14.3 Å². The highest BCUT2D eigenvalue weighted by Crippen LogP contribution is 2.66. The maximum absolute atomic E-state index is 12.3. The molecule has 0 saturated heterocycles. The average Bonchev–Trinajstić information content (AvgIpc) is 2.93. The van der Waals surface area contributed by atoms with Crippen LogP contribution in [0.1, 0.15) is 85.5 Å². The monoisotopic (exact) mass is 360 g/mol. The fourth-order valence-electron chi connectivity index (χ4n) is 7.79. The third kappa shape index (κ3) is 2.59. The summed E-state index contributed by atoms with van der Waals surface area (Å²) in [6, 6.07) is 0.